The average Bonchev–Trinajstić information content (AvgIpc) is 2.84. The molecule has 0 amide bonds. The summed E-state index contributed by atoms with van der Waals surface area (Å²) in [5.74, 6) is 0. The van der Waals surface area contributed by atoms with Crippen LogP contribution in [0.15, 0.2) is 0 Å². The van der Waals surface area contributed by atoms with Gasteiger partial charge in [-0.05, 0) is 39.0 Å². The molecule has 0 bridgehead atoms. The van der Waals surface area contributed by atoms with Crippen molar-refractivity contribution < 1.29 is 5.11 Å². The molecule has 2 rings (SSSR count). The van der Waals surface area contributed by atoms with Crippen LogP contribution in [0.2, 0.25) is 0 Å². The third-order valence-electron chi connectivity index (χ3n) is 4.03. The van der Waals surface area contributed by atoms with Gasteiger partial charge in [-0.2, -0.15) is 0 Å². The summed E-state index contributed by atoms with van der Waals surface area (Å²) in [5.41, 5.74) is 0.955. The fraction of sp³-hybridized carbons (Fsp3) is 0.800. The van der Waals surface area contributed by atoms with Gasteiger partial charge in [0.1, 0.15) is 0 Å². The van der Waals surface area contributed by atoms with Crippen LogP contribution in [0.4, 0.5) is 5.13 Å². The number of fused-ring (bicyclic) bond motifs is 1. The molecule has 0 aliphatic heterocycles. The van der Waals surface area contributed by atoms with E-state index in [4.69, 9.17) is 4.98 Å². The van der Waals surface area contributed by atoms with Crippen molar-refractivity contribution >= 4 is 16.5 Å². The van der Waals surface area contributed by atoms with Crippen LogP contribution in [-0.4, -0.2) is 22.7 Å². The molecule has 0 spiro atoms. The minimum absolute atomic E-state index is 0.335. The number of aliphatic hydroxyl groups excluding tert-OH is 1. The molecule has 1 aliphatic carbocycles. The zero-order chi connectivity index (χ0) is 13.8. The first kappa shape index (κ1) is 14.8. The second-order valence-corrected chi connectivity index (χ2v) is 6.58. The van der Waals surface area contributed by atoms with Crippen LogP contribution in [0.3, 0.4) is 0 Å². The van der Waals surface area contributed by atoms with Gasteiger partial charge in [-0.15, -0.1) is 11.3 Å². The molecule has 0 fully saturated rings. The summed E-state index contributed by atoms with van der Waals surface area (Å²) in [5, 5.41) is 11.2. The van der Waals surface area contributed by atoms with Gasteiger partial charge >= 0.3 is 0 Å². The van der Waals surface area contributed by atoms with Gasteiger partial charge < -0.3 is 10.0 Å². The summed E-state index contributed by atoms with van der Waals surface area (Å²) < 4.78 is 0. The average molecular weight is 282 g/mol. The van der Waals surface area contributed by atoms with Crippen LogP contribution in [0.25, 0.3) is 0 Å². The molecule has 1 aromatic rings. The first-order valence-corrected chi connectivity index (χ1v) is 8.43. The molecule has 0 aromatic carbocycles. The van der Waals surface area contributed by atoms with E-state index in [1.54, 1.807) is 11.3 Å². The number of aliphatic hydroxyl groups is 1. The van der Waals surface area contributed by atoms with E-state index >= 15 is 0 Å². The lowest BCUT2D eigenvalue weighted by atomic mass is 10.0. The zero-order valence-electron chi connectivity index (χ0n) is 12.4. The summed E-state index contributed by atoms with van der Waals surface area (Å²) in [6, 6.07) is 0.524. The van der Waals surface area contributed by atoms with Gasteiger partial charge in [0.25, 0.3) is 0 Å². The summed E-state index contributed by atoms with van der Waals surface area (Å²) >= 11 is 1.80. The van der Waals surface area contributed by atoms with Crippen molar-refractivity contribution in [3.8, 4) is 0 Å². The maximum absolute atomic E-state index is 10.1. The quantitative estimate of drug-likeness (QED) is 0.859. The van der Waals surface area contributed by atoms with Crippen molar-refractivity contribution in [2.75, 3.05) is 11.4 Å². The highest BCUT2D eigenvalue weighted by molar-refractivity contribution is 7.15. The number of hydrogen-bond donors (Lipinski definition) is 1. The van der Waals surface area contributed by atoms with E-state index in [0.717, 1.165) is 43.1 Å². The Kier molecular flexibility index (Phi) is 5.22. The first-order valence-electron chi connectivity index (χ1n) is 7.61. The van der Waals surface area contributed by atoms with E-state index in [2.05, 4.69) is 25.7 Å². The summed E-state index contributed by atoms with van der Waals surface area (Å²) in [6.45, 7) is 7.80. The Bertz CT molecular complexity index is 405. The number of aryl methyl sites for hydroxylation is 1. The van der Waals surface area contributed by atoms with E-state index in [1.165, 1.54) is 17.7 Å². The smallest absolute Gasteiger partial charge is 0.186 e. The standard InChI is InChI=1S/C15H26N2OS/c1-4-6-10-17(11(3)5-2)15-16-14-12(18)8-7-9-13(14)19-15/h11-12,18H,4-10H2,1-3H3. The topological polar surface area (TPSA) is 36.4 Å². The van der Waals surface area contributed by atoms with E-state index in [-0.39, 0.29) is 6.10 Å². The second-order valence-electron chi connectivity index (χ2n) is 5.52. The number of rotatable bonds is 6. The summed E-state index contributed by atoms with van der Waals surface area (Å²) in [7, 11) is 0. The van der Waals surface area contributed by atoms with Crippen LogP contribution < -0.4 is 4.90 Å². The van der Waals surface area contributed by atoms with Gasteiger partial charge in [0, 0.05) is 17.5 Å². The normalized spacial score (nSPS) is 20.1. The Morgan fingerprint density at radius 1 is 1.47 bits per heavy atom. The molecule has 0 saturated carbocycles. The molecule has 108 valence electrons. The highest BCUT2D eigenvalue weighted by atomic mass is 32.1. The monoisotopic (exact) mass is 282 g/mol. The maximum atomic E-state index is 10.1. The van der Waals surface area contributed by atoms with Crippen LogP contribution >= 0.6 is 11.3 Å². The van der Waals surface area contributed by atoms with Gasteiger partial charge in [0.2, 0.25) is 0 Å². The summed E-state index contributed by atoms with van der Waals surface area (Å²) in [4.78, 5) is 8.48. The third-order valence-corrected chi connectivity index (χ3v) is 5.20. The van der Waals surface area contributed by atoms with Crippen LogP contribution in [0.1, 0.15) is 69.6 Å². The number of thiazole rings is 1. The third kappa shape index (κ3) is 3.29. The Balaban J connectivity index is 2.21. The second kappa shape index (κ2) is 6.71. The minimum atomic E-state index is -0.335. The molecular formula is C15H26N2OS. The van der Waals surface area contributed by atoms with Gasteiger partial charge in [-0.25, -0.2) is 4.98 Å². The van der Waals surface area contributed by atoms with E-state index in [1.807, 2.05) is 0 Å². The number of hydrogen-bond acceptors (Lipinski definition) is 4. The molecule has 1 heterocycles. The van der Waals surface area contributed by atoms with Gasteiger partial charge in [0.05, 0.1) is 11.8 Å². The predicted octanol–water partition coefficient (Wildman–Crippen LogP) is 3.92. The number of unbranched alkanes of at least 4 members (excludes halogenated alkanes) is 1. The SMILES string of the molecule is CCCCN(c1nc2c(s1)CCCC2O)C(C)CC. The van der Waals surface area contributed by atoms with Crippen LogP contribution in [0.5, 0.6) is 0 Å². The number of anilines is 1. The maximum Gasteiger partial charge on any atom is 0.186 e. The molecule has 0 saturated heterocycles. The lowest BCUT2D eigenvalue weighted by Crippen LogP contribution is -2.33. The Morgan fingerprint density at radius 2 is 2.26 bits per heavy atom. The van der Waals surface area contributed by atoms with Crippen molar-refractivity contribution in [1.82, 2.24) is 4.98 Å². The lowest BCUT2D eigenvalue weighted by Gasteiger charge is -2.28. The molecule has 4 heteroatoms. The van der Waals surface area contributed by atoms with Crippen LogP contribution in [-0.2, 0) is 6.42 Å². The van der Waals surface area contributed by atoms with Gasteiger partial charge in [0.15, 0.2) is 5.13 Å². The van der Waals surface area contributed by atoms with E-state index < -0.39 is 0 Å². The van der Waals surface area contributed by atoms with Crippen molar-refractivity contribution in [2.24, 2.45) is 0 Å². The largest absolute Gasteiger partial charge is 0.387 e. The van der Waals surface area contributed by atoms with Crippen molar-refractivity contribution in [2.45, 2.75) is 71.4 Å². The predicted molar refractivity (Wildman–Crippen MR) is 82.0 cm³/mol. The van der Waals surface area contributed by atoms with Crippen molar-refractivity contribution in [3.63, 3.8) is 0 Å². The van der Waals surface area contributed by atoms with Crippen molar-refractivity contribution in [1.29, 1.82) is 0 Å². The summed E-state index contributed by atoms with van der Waals surface area (Å²) in [6.07, 6.45) is 6.27. The highest BCUT2D eigenvalue weighted by Gasteiger charge is 2.25. The molecule has 1 aliphatic rings. The minimum Gasteiger partial charge on any atom is -0.387 e. The zero-order valence-corrected chi connectivity index (χ0v) is 13.2. The van der Waals surface area contributed by atoms with E-state index in [9.17, 15) is 5.11 Å². The van der Waals surface area contributed by atoms with Crippen LogP contribution in [0, 0.1) is 0 Å². The molecule has 1 N–H and O–H groups in total. The molecule has 2 atom stereocenters. The number of nitrogens with zero attached hydrogens (tertiary/aromatic N) is 2. The fourth-order valence-corrected chi connectivity index (χ4v) is 3.84. The van der Waals surface area contributed by atoms with Crippen molar-refractivity contribution in [3.05, 3.63) is 10.6 Å². The van der Waals surface area contributed by atoms with Gasteiger partial charge in [-0.3, -0.25) is 0 Å². The Hall–Kier alpha value is -0.610. The molecule has 2 unspecified atom stereocenters. The molecule has 19 heavy (non-hydrogen) atoms. The number of aromatic nitrogens is 1. The molecule has 0 radical (unpaired) electrons. The highest BCUT2D eigenvalue weighted by Crippen LogP contribution is 2.37. The molecule has 3 nitrogen and oxygen atoms in total. The Labute approximate surface area is 120 Å². The molecular weight excluding hydrogens is 256 g/mol. The molecule has 1 aromatic heterocycles. The fourth-order valence-electron chi connectivity index (χ4n) is 2.56. The van der Waals surface area contributed by atoms with E-state index in [0.29, 0.717) is 6.04 Å². The Morgan fingerprint density at radius 3 is 2.89 bits per heavy atom. The van der Waals surface area contributed by atoms with Gasteiger partial charge in [-0.1, -0.05) is 20.3 Å². The first-order chi connectivity index (χ1) is 9.17. The lowest BCUT2D eigenvalue weighted by molar-refractivity contribution is 0.153.